The summed E-state index contributed by atoms with van der Waals surface area (Å²) in [5, 5.41) is -0.0567. The molecule has 0 fully saturated rings. The van der Waals surface area contributed by atoms with Crippen LogP contribution in [0.25, 0.3) is 0 Å². The Bertz CT molecular complexity index is 608. The van der Waals surface area contributed by atoms with Crippen molar-refractivity contribution in [3.63, 3.8) is 0 Å². The number of ether oxygens (including phenoxy) is 1. The summed E-state index contributed by atoms with van der Waals surface area (Å²) in [7, 11) is 0. The normalized spacial score (nSPS) is 10.3. The molecule has 20 heavy (non-hydrogen) atoms. The molecule has 0 spiro atoms. The SMILES string of the molecule is CCCOc1ccc(C(=O)c2ccc(F)c(Cl)c2)cc1. The second-order valence-corrected chi connectivity index (χ2v) is 4.74. The van der Waals surface area contributed by atoms with Gasteiger partial charge in [0.05, 0.1) is 11.6 Å². The quantitative estimate of drug-likeness (QED) is 0.759. The molecule has 4 heteroatoms. The van der Waals surface area contributed by atoms with Crippen LogP contribution in [0.15, 0.2) is 42.5 Å². The first-order chi connectivity index (χ1) is 9.61. The molecule has 0 saturated carbocycles. The van der Waals surface area contributed by atoms with Gasteiger partial charge in [0.1, 0.15) is 11.6 Å². The van der Waals surface area contributed by atoms with Gasteiger partial charge in [-0.1, -0.05) is 18.5 Å². The van der Waals surface area contributed by atoms with Crippen LogP contribution >= 0.6 is 11.6 Å². The minimum Gasteiger partial charge on any atom is -0.494 e. The first-order valence-electron chi connectivity index (χ1n) is 6.34. The van der Waals surface area contributed by atoms with E-state index in [1.54, 1.807) is 24.3 Å². The molecule has 0 atom stereocenters. The minimum atomic E-state index is -0.536. The number of halogens is 2. The van der Waals surface area contributed by atoms with E-state index in [0.717, 1.165) is 12.2 Å². The minimum absolute atomic E-state index is 0.0567. The van der Waals surface area contributed by atoms with Crippen LogP contribution in [-0.2, 0) is 0 Å². The largest absolute Gasteiger partial charge is 0.494 e. The number of rotatable bonds is 5. The molecule has 0 amide bonds. The van der Waals surface area contributed by atoms with Crippen LogP contribution < -0.4 is 4.74 Å². The summed E-state index contributed by atoms with van der Waals surface area (Å²) in [6.07, 6.45) is 0.925. The number of hydrogen-bond acceptors (Lipinski definition) is 2. The number of carbonyl (C=O) groups is 1. The van der Waals surface area contributed by atoms with E-state index in [1.165, 1.54) is 18.2 Å². The fourth-order valence-electron chi connectivity index (χ4n) is 1.73. The molecule has 2 nitrogen and oxygen atoms in total. The number of carbonyl (C=O) groups excluding carboxylic acids is 1. The monoisotopic (exact) mass is 292 g/mol. The molecular weight excluding hydrogens is 279 g/mol. The highest BCUT2D eigenvalue weighted by Crippen LogP contribution is 2.20. The van der Waals surface area contributed by atoms with Gasteiger partial charge in [0.2, 0.25) is 0 Å². The Morgan fingerprint density at radius 2 is 1.80 bits per heavy atom. The van der Waals surface area contributed by atoms with E-state index in [2.05, 4.69) is 0 Å². The zero-order chi connectivity index (χ0) is 14.5. The van der Waals surface area contributed by atoms with Gasteiger partial charge in [-0.05, 0) is 48.9 Å². The van der Waals surface area contributed by atoms with Gasteiger partial charge in [-0.3, -0.25) is 4.79 Å². The summed E-state index contributed by atoms with van der Waals surface area (Å²) in [4.78, 5) is 12.2. The standard InChI is InChI=1S/C16H14ClFO2/c1-2-9-20-13-6-3-11(4-7-13)16(19)12-5-8-15(18)14(17)10-12/h3-8,10H,2,9H2,1H3. The maximum absolute atomic E-state index is 13.1. The van der Waals surface area contributed by atoms with Crippen molar-refractivity contribution < 1.29 is 13.9 Å². The van der Waals surface area contributed by atoms with Crippen LogP contribution in [0.2, 0.25) is 5.02 Å². The van der Waals surface area contributed by atoms with Gasteiger partial charge >= 0.3 is 0 Å². The Morgan fingerprint density at radius 3 is 2.40 bits per heavy atom. The summed E-state index contributed by atoms with van der Waals surface area (Å²) < 4.78 is 18.5. The highest BCUT2D eigenvalue weighted by molar-refractivity contribution is 6.31. The lowest BCUT2D eigenvalue weighted by Crippen LogP contribution is -2.02. The first kappa shape index (κ1) is 14.5. The van der Waals surface area contributed by atoms with Crippen molar-refractivity contribution >= 4 is 17.4 Å². The summed E-state index contributed by atoms with van der Waals surface area (Å²) in [6.45, 7) is 2.66. The van der Waals surface area contributed by atoms with E-state index >= 15 is 0 Å². The molecule has 2 aromatic carbocycles. The van der Waals surface area contributed by atoms with Crippen molar-refractivity contribution in [2.24, 2.45) is 0 Å². The van der Waals surface area contributed by atoms with E-state index in [1.807, 2.05) is 6.92 Å². The predicted molar refractivity (Wildman–Crippen MR) is 77.1 cm³/mol. The molecule has 0 N–H and O–H groups in total. The molecule has 0 aromatic heterocycles. The highest BCUT2D eigenvalue weighted by Gasteiger charge is 2.11. The molecule has 0 aliphatic carbocycles. The lowest BCUT2D eigenvalue weighted by Gasteiger charge is -2.06. The third-order valence-corrected chi connectivity index (χ3v) is 3.06. The van der Waals surface area contributed by atoms with E-state index in [0.29, 0.717) is 17.7 Å². The Balaban J connectivity index is 2.18. The Hall–Kier alpha value is -1.87. The summed E-state index contributed by atoms with van der Waals surface area (Å²) in [5.74, 6) is -0.0130. The molecule has 0 unspecified atom stereocenters. The van der Waals surface area contributed by atoms with Gasteiger partial charge in [-0.25, -0.2) is 4.39 Å². The second-order valence-electron chi connectivity index (χ2n) is 4.33. The van der Waals surface area contributed by atoms with Crippen LogP contribution in [0.1, 0.15) is 29.3 Å². The molecular formula is C16H14ClFO2. The van der Waals surface area contributed by atoms with Crippen molar-refractivity contribution in [3.8, 4) is 5.75 Å². The van der Waals surface area contributed by atoms with Crippen molar-refractivity contribution in [2.75, 3.05) is 6.61 Å². The van der Waals surface area contributed by atoms with Crippen LogP contribution in [-0.4, -0.2) is 12.4 Å². The van der Waals surface area contributed by atoms with Gasteiger partial charge in [0.15, 0.2) is 5.78 Å². The van der Waals surface area contributed by atoms with E-state index in [4.69, 9.17) is 16.3 Å². The molecule has 0 heterocycles. The molecule has 0 saturated heterocycles. The lowest BCUT2D eigenvalue weighted by atomic mass is 10.0. The Labute approximate surface area is 122 Å². The third-order valence-electron chi connectivity index (χ3n) is 2.77. The van der Waals surface area contributed by atoms with Crippen molar-refractivity contribution in [1.82, 2.24) is 0 Å². The zero-order valence-electron chi connectivity index (χ0n) is 11.0. The first-order valence-corrected chi connectivity index (χ1v) is 6.72. The predicted octanol–water partition coefficient (Wildman–Crippen LogP) is 4.50. The average Bonchev–Trinajstić information content (AvgIpc) is 2.48. The second kappa shape index (κ2) is 6.53. The topological polar surface area (TPSA) is 26.3 Å². The molecule has 104 valence electrons. The molecule has 0 bridgehead atoms. The average molecular weight is 293 g/mol. The molecule has 2 aromatic rings. The molecule has 0 aliphatic heterocycles. The number of hydrogen-bond donors (Lipinski definition) is 0. The lowest BCUT2D eigenvalue weighted by molar-refractivity contribution is 0.103. The van der Waals surface area contributed by atoms with Gasteiger partial charge < -0.3 is 4.74 Å². The zero-order valence-corrected chi connectivity index (χ0v) is 11.8. The number of benzene rings is 2. The van der Waals surface area contributed by atoms with Gasteiger partial charge in [-0.15, -0.1) is 0 Å². The van der Waals surface area contributed by atoms with Gasteiger partial charge in [-0.2, -0.15) is 0 Å². The molecule has 0 aliphatic rings. The van der Waals surface area contributed by atoms with Crippen molar-refractivity contribution in [1.29, 1.82) is 0 Å². The molecule has 0 radical (unpaired) electrons. The third kappa shape index (κ3) is 3.36. The Morgan fingerprint density at radius 1 is 1.15 bits per heavy atom. The van der Waals surface area contributed by atoms with Crippen molar-refractivity contribution in [3.05, 3.63) is 64.4 Å². The maximum atomic E-state index is 13.1. The van der Waals surface area contributed by atoms with Gasteiger partial charge in [0, 0.05) is 11.1 Å². The highest BCUT2D eigenvalue weighted by atomic mass is 35.5. The van der Waals surface area contributed by atoms with Crippen LogP contribution in [0, 0.1) is 5.82 Å². The van der Waals surface area contributed by atoms with Crippen LogP contribution in [0.4, 0.5) is 4.39 Å². The number of ketones is 1. The van der Waals surface area contributed by atoms with Crippen LogP contribution in [0.3, 0.4) is 0 Å². The maximum Gasteiger partial charge on any atom is 0.193 e. The summed E-state index contributed by atoms with van der Waals surface area (Å²) >= 11 is 5.68. The summed E-state index contributed by atoms with van der Waals surface area (Å²) in [6, 6.07) is 10.8. The van der Waals surface area contributed by atoms with E-state index in [-0.39, 0.29) is 10.8 Å². The van der Waals surface area contributed by atoms with E-state index < -0.39 is 5.82 Å². The van der Waals surface area contributed by atoms with Gasteiger partial charge in [0.25, 0.3) is 0 Å². The van der Waals surface area contributed by atoms with Crippen molar-refractivity contribution in [2.45, 2.75) is 13.3 Å². The Kier molecular flexibility index (Phi) is 4.74. The molecule has 2 rings (SSSR count). The summed E-state index contributed by atoms with van der Waals surface area (Å²) in [5.41, 5.74) is 0.871. The fourth-order valence-corrected chi connectivity index (χ4v) is 1.91. The van der Waals surface area contributed by atoms with Crippen LogP contribution in [0.5, 0.6) is 5.75 Å². The fraction of sp³-hybridized carbons (Fsp3) is 0.188. The smallest absolute Gasteiger partial charge is 0.193 e. The van der Waals surface area contributed by atoms with E-state index in [9.17, 15) is 9.18 Å².